The molecule has 2 N–H and O–H groups in total. The second-order valence-electron chi connectivity index (χ2n) is 5.86. The Hall–Kier alpha value is -1.52. The molecule has 0 saturated heterocycles. The van der Waals surface area contributed by atoms with E-state index in [1.54, 1.807) is 13.2 Å². The van der Waals surface area contributed by atoms with Crippen molar-refractivity contribution in [3.05, 3.63) is 11.8 Å². The van der Waals surface area contributed by atoms with Crippen molar-refractivity contribution in [1.82, 2.24) is 14.7 Å². The minimum atomic E-state index is -0.0174. The van der Waals surface area contributed by atoms with Gasteiger partial charge in [-0.3, -0.25) is 9.48 Å². The summed E-state index contributed by atoms with van der Waals surface area (Å²) in [6, 6.07) is 0.292. The number of hydrogen-bond donors (Lipinski definition) is 1. The summed E-state index contributed by atoms with van der Waals surface area (Å²) >= 11 is 0. The molecule has 0 radical (unpaired) electrons. The smallest absolute Gasteiger partial charge is 0.259 e. The van der Waals surface area contributed by atoms with E-state index < -0.39 is 0 Å². The molecule has 2 atom stereocenters. The Morgan fingerprint density at radius 3 is 2.47 bits per heavy atom. The van der Waals surface area contributed by atoms with E-state index in [4.69, 9.17) is 5.73 Å². The molecule has 1 heterocycles. The number of hydrogen-bond acceptors (Lipinski definition) is 3. The fraction of sp³-hybridized carbons (Fsp3) is 0.714. The Labute approximate surface area is 114 Å². The molecule has 1 saturated carbocycles. The van der Waals surface area contributed by atoms with E-state index in [1.165, 1.54) is 23.9 Å². The molecule has 5 nitrogen and oxygen atoms in total. The summed E-state index contributed by atoms with van der Waals surface area (Å²) < 4.78 is 1.54. The van der Waals surface area contributed by atoms with Crippen LogP contribution in [0.25, 0.3) is 0 Å². The molecule has 1 amide bonds. The summed E-state index contributed by atoms with van der Waals surface area (Å²) in [5.41, 5.74) is 6.40. The monoisotopic (exact) mass is 264 g/mol. The molecule has 0 unspecified atom stereocenters. The number of aryl methyl sites for hydroxylation is 1. The summed E-state index contributed by atoms with van der Waals surface area (Å²) in [6.45, 7) is 4.47. The fourth-order valence-electron chi connectivity index (χ4n) is 3.36. The average molecular weight is 264 g/mol. The van der Waals surface area contributed by atoms with Crippen molar-refractivity contribution < 1.29 is 4.79 Å². The second kappa shape index (κ2) is 5.23. The SMILES string of the molecule is C[C@H]1CCC[C@H](C)C1N(C)C(=O)c1cnn(C)c1N. The predicted octanol–water partition coefficient (Wildman–Crippen LogP) is 1.90. The van der Waals surface area contributed by atoms with Gasteiger partial charge in [-0.15, -0.1) is 0 Å². The van der Waals surface area contributed by atoms with Crippen LogP contribution >= 0.6 is 0 Å². The number of nitrogens with two attached hydrogens (primary N) is 1. The lowest BCUT2D eigenvalue weighted by Gasteiger charge is -2.40. The highest BCUT2D eigenvalue weighted by molar-refractivity contribution is 5.98. The van der Waals surface area contributed by atoms with Crippen molar-refractivity contribution in [2.24, 2.45) is 18.9 Å². The summed E-state index contributed by atoms with van der Waals surface area (Å²) in [5, 5.41) is 4.05. The van der Waals surface area contributed by atoms with Gasteiger partial charge in [-0.2, -0.15) is 5.10 Å². The molecule has 5 heteroatoms. The molecule has 1 aromatic rings. The van der Waals surface area contributed by atoms with Crippen LogP contribution < -0.4 is 5.73 Å². The first kappa shape index (κ1) is 13.9. The molecule has 2 rings (SSSR count). The van der Waals surface area contributed by atoms with Gasteiger partial charge in [-0.1, -0.05) is 20.3 Å². The number of carbonyl (C=O) groups excluding carboxylic acids is 1. The molecule has 1 aliphatic rings. The van der Waals surface area contributed by atoms with Crippen LogP contribution in [0.1, 0.15) is 43.5 Å². The molecule has 0 spiro atoms. The van der Waals surface area contributed by atoms with Crippen molar-refractivity contribution in [2.75, 3.05) is 12.8 Å². The zero-order chi connectivity index (χ0) is 14.2. The van der Waals surface area contributed by atoms with E-state index in [0.717, 1.165) is 0 Å². The van der Waals surface area contributed by atoms with Gasteiger partial charge < -0.3 is 10.6 Å². The van der Waals surface area contributed by atoms with E-state index >= 15 is 0 Å². The number of aromatic nitrogens is 2. The Morgan fingerprint density at radius 1 is 1.42 bits per heavy atom. The molecule has 1 fully saturated rings. The highest BCUT2D eigenvalue weighted by Crippen LogP contribution is 2.33. The highest BCUT2D eigenvalue weighted by atomic mass is 16.2. The van der Waals surface area contributed by atoms with Gasteiger partial charge in [-0.25, -0.2) is 0 Å². The van der Waals surface area contributed by atoms with E-state index in [2.05, 4.69) is 18.9 Å². The standard InChI is InChI=1S/C14H24N4O/c1-9-6-5-7-10(2)12(9)17(3)14(19)11-8-16-18(4)13(11)15/h8-10,12H,5-7,15H2,1-4H3/t9-,10-/m0/s1. The van der Waals surface area contributed by atoms with Crippen molar-refractivity contribution in [2.45, 2.75) is 39.2 Å². The van der Waals surface area contributed by atoms with Crippen molar-refractivity contribution in [3.8, 4) is 0 Å². The Bertz CT molecular complexity index is 458. The molecule has 0 aromatic carbocycles. The van der Waals surface area contributed by atoms with Gasteiger partial charge in [0.15, 0.2) is 0 Å². The van der Waals surface area contributed by atoms with Gasteiger partial charge >= 0.3 is 0 Å². The Morgan fingerprint density at radius 2 is 2.00 bits per heavy atom. The zero-order valence-electron chi connectivity index (χ0n) is 12.3. The van der Waals surface area contributed by atoms with Gasteiger partial charge in [0, 0.05) is 20.1 Å². The topological polar surface area (TPSA) is 64.2 Å². The Kier molecular flexibility index (Phi) is 3.83. The van der Waals surface area contributed by atoms with Crippen molar-refractivity contribution >= 4 is 11.7 Å². The molecular formula is C14H24N4O. The van der Waals surface area contributed by atoms with E-state index in [-0.39, 0.29) is 5.91 Å². The third-order valence-corrected chi connectivity index (χ3v) is 4.47. The van der Waals surface area contributed by atoms with Crippen LogP contribution in [0, 0.1) is 11.8 Å². The number of nitrogens with zero attached hydrogens (tertiary/aromatic N) is 3. The number of anilines is 1. The average Bonchev–Trinajstić information content (AvgIpc) is 2.69. The van der Waals surface area contributed by atoms with E-state index in [9.17, 15) is 4.79 Å². The zero-order valence-corrected chi connectivity index (χ0v) is 12.3. The molecule has 19 heavy (non-hydrogen) atoms. The van der Waals surface area contributed by atoms with Crippen LogP contribution in [0.5, 0.6) is 0 Å². The van der Waals surface area contributed by atoms with Crippen molar-refractivity contribution in [1.29, 1.82) is 0 Å². The summed E-state index contributed by atoms with van der Waals surface area (Å²) in [7, 11) is 3.63. The lowest BCUT2D eigenvalue weighted by molar-refractivity contribution is 0.0519. The first-order valence-corrected chi connectivity index (χ1v) is 6.98. The van der Waals surface area contributed by atoms with Crippen LogP contribution in [0.2, 0.25) is 0 Å². The van der Waals surface area contributed by atoms with Crippen LogP contribution in [-0.2, 0) is 7.05 Å². The molecule has 0 aliphatic heterocycles. The quantitative estimate of drug-likeness (QED) is 0.887. The van der Waals surface area contributed by atoms with Gasteiger partial charge in [0.1, 0.15) is 11.4 Å². The normalized spacial score (nSPS) is 24.4. The number of rotatable bonds is 2. The van der Waals surface area contributed by atoms with E-state index in [1.807, 2.05) is 11.9 Å². The molecular weight excluding hydrogens is 240 g/mol. The summed E-state index contributed by atoms with van der Waals surface area (Å²) in [4.78, 5) is 14.4. The van der Waals surface area contributed by atoms with Crippen LogP contribution in [0.3, 0.4) is 0 Å². The van der Waals surface area contributed by atoms with Crippen LogP contribution in [0.15, 0.2) is 6.20 Å². The lowest BCUT2D eigenvalue weighted by Crippen LogP contribution is -2.47. The maximum absolute atomic E-state index is 12.6. The number of nitrogen functional groups attached to an aromatic ring is 1. The Balaban J connectivity index is 2.21. The first-order chi connectivity index (χ1) is 8.93. The maximum Gasteiger partial charge on any atom is 0.259 e. The largest absolute Gasteiger partial charge is 0.383 e. The number of carbonyl (C=O) groups is 1. The van der Waals surface area contributed by atoms with Crippen LogP contribution in [-0.4, -0.2) is 33.7 Å². The number of amides is 1. The second-order valence-corrected chi connectivity index (χ2v) is 5.86. The van der Waals surface area contributed by atoms with Crippen LogP contribution in [0.4, 0.5) is 5.82 Å². The fourth-order valence-corrected chi connectivity index (χ4v) is 3.36. The van der Waals surface area contributed by atoms with Gasteiger partial charge in [0.2, 0.25) is 0 Å². The van der Waals surface area contributed by atoms with Crippen molar-refractivity contribution in [3.63, 3.8) is 0 Å². The lowest BCUT2D eigenvalue weighted by atomic mass is 9.78. The molecule has 106 valence electrons. The summed E-state index contributed by atoms with van der Waals surface area (Å²) in [5.74, 6) is 1.50. The highest BCUT2D eigenvalue weighted by Gasteiger charge is 2.34. The van der Waals surface area contributed by atoms with Gasteiger partial charge in [0.25, 0.3) is 5.91 Å². The van der Waals surface area contributed by atoms with Gasteiger partial charge in [-0.05, 0) is 24.7 Å². The minimum Gasteiger partial charge on any atom is -0.383 e. The molecule has 1 aromatic heterocycles. The van der Waals surface area contributed by atoms with Gasteiger partial charge in [0.05, 0.1) is 6.20 Å². The molecule has 1 aliphatic carbocycles. The summed E-state index contributed by atoms with van der Waals surface area (Å²) in [6.07, 6.45) is 5.20. The maximum atomic E-state index is 12.6. The third-order valence-electron chi connectivity index (χ3n) is 4.47. The minimum absolute atomic E-state index is 0.0174. The predicted molar refractivity (Wildman–Crippen MR) is 75.7 cm³/mol. The third kappa shape index (κ3) is 2.46. The molecule has 0 bridgehead atoms. The van der Waals surface area contributed by atoms with E-state index in [0.29, 0.717) is 29.3 Å². The first-order valence-electron chi connectivity index (χ1n) is 6.98.